The van der Waals surface area contributed by atoms with Crippen molar-refractivity contribution in [1.29, 1.82) is 0 Å². The first-order chi connectivity index (χ1) is 14.2. The number of benzene rings is 3. The van der Waals surface area contributed by atoms with Crippen molar-refractivity contribution in [2.24, 2.45) is 0 Å². The third-order valence-electron chi connectivity index (χ3n) is 4.76. The summed E-state index contributed by atoms with van der Waals surface area (Å²) >= 11 is 5.95. The van der Waals surface area contributed by atoms with Crippen molar-refractivity contribution < 1.29 is 9.47 Å². The molecule has 3 aromatic carbocycles. The number of nitrogens with zero attached hydrogens (tertiary/aromatic N) is 2. The smallest absolute Gasteiger partial charge is 0.156 e. The van der Waals surface area contributed by atoms with E-state index in [1.165, 1.54) is 0 Å². The van der Waals surface area contributed by atoms with Crippen LogP contribution in [0.25, 0.3) is 11.0 Å². The third kappa shape index (κ3) is 4.54. The van der Waals surface area contributed by atoms with Crippen molar-refractivity contribution in [2.45, 2.75) is 26.0 Å². The minimum absolute atomic E-state index is 0.139. The molecule has 1 aromatic heterocycles. The predicted octanol–water partition coefficient (Wildman–Crippen LogP) is 6.30. The Morgan fingerprint density at radius 3 is 2.38 bits per heavy atom. The first-order valence-corrected chi connectivity index (χ1v) is 10.2. The van der Waals surface area contributed by atoms with Crippen molar-refractivity contribution in [1.82, 2.24) is 9.55 Å². The minimum atomic E-state index is -0.139. The molecule has 0 amide bonds. The second kappa shape index (κ2) is 9.01. The average Bonchev–Trinajstić information content (AvgIpc) is 3.13. The quantitative estimate of drug-likeness (QED) is 0.344. The summed E-state index contributed by atoms with van der Waals surface area (Å²) < 4.78 is 14.4. The molecule has 0 aliphatic rings. The summed E-state index contributed by atoms with van der Waals surface area (Å²) in [6, 6.07) is 25.5. The predicted molar refractivity (Wildman–Crippen MR) is 117 cm³/mol. The second-order valence-corrected chi connectivity index (χ2v) is 7.18. The number of halogens is 1. The van der Waals surface area contributed by atoms with Crippen LogP contribution in [0.1, 0.15) is 25.3 Å². The molecule has 29 heavy (non-hydrogen) atoms. The molecular weight excluding hydrogens is 384 g/mol. The standard InChI is InChI=1S/C24H23ClN2O2/c1-2-23(29-20-8-4-3-5-9-20)24-26-21-10-6-7-11-22(21)27(24)16-17-28-19-14-12-18(25)13-15-19/h3-15,23H,2,16-17H2,1H3. The van der Waals surface area contributed by atoms with E-state index in [2.05, 4.69) is 17.6 Å². The van der Waals surface area contributed by atoms with Gasteiger partial charge in [-0.25, -0.2) is 4.98 Å². The molecule has 0 spiro atoms. The monoisotopic (exact) mass is 406 g/mol. The Balaban J connectivity index is 1.58. The molecule has 0 N–H and O–H groups in total. The van der Waals surface area contributed by atoms with E-state index >= 15 is 0 Å². The summed E-state index contributed by atoms with van der Waals surface area (Å²) in [6.45, 7) is 3.31. The highest BCUT2D eigenvalue weighted by molar-refractivity contribution is 6.30. The molecule has 0 aliphatic heterocycles. The zero-order valence-electron chi connectivity index (χ0n) is 16.3. The second-order valence-electron chi connectivity index (χ2n) is 6.74. The fourth-order valence-corrected chi connectivity index (χ4v) is 3.47. The van der Waals surface area contributed by atoms with Crippen LogP contribution in [0.3, 0.4) is 0 Å². The highest BCUT2D eigenvalue weighted by Crippen LogP contribution is 2.27. The summed E-state index contributed by atoms with van der Waals surface area (Å²) in [5.41, 5.74) is 2.04. The maximum atomic E-state index is 6.26. The van der Waals surface area contributed by atoms with Gasteiger partial charge in [0.05, 0.1) is 17.6 Å². The number of ether oxygens (including phenoxy) is 2. The van der Waals surface area contributed by atoms with E-state index in [1.54, 1.807) is 0 Å². The van der Waals surface area contributed by atoms with E-state index in [9.17, 15) is 0 Å². The van der Waals surface area contributed by atoms with Crippen molar-refractivity contribution >= 4 is 22.6 Å². The molecular formula is C24H23ClN2O2. The molecule has 0 saturated carbocycles. The summed E-state index contributed by atoms with van der Waals surface area (Å²) in [7, 11) is 0. The SMILES string of the molecule is CCC(Oc1ccccc1)c1nc2ccccc2n1CCOc1ccc(Cl)cc1. The Morgan fingerprint density at radius 2 is 1.62 bits per heavy atom. The molecule has 4 aromatic rings. The van der Waals surface area contributed by atoms with Gasteiger partial charge in [0.2, 0.25) is 0 Å². The van der Waals surface area contributed by atoms with Crippen LogP contribution in [0.2, 0.25) is 5.02 Å². The van der Waals surface area contributed by atoms with Crippen LogP contribution < -0.4 is 9.47 Å². The molecule has 1 atom stereocenters. The van der Waals surface area contributed by atoms with Gasteiger partial charge in [-0.2, -0.15) is 0 Å². The van der Waals surface area contributed by atoms with Gasteiger partial charge in [-0.3, -0.25) is 0 Å². The lowest BCUT2D eigenvalue weighted by molar-refractivity contribution is 0.184. The van der Waals surface area contributed by atoms with Gasteiger partial charge in [-0.05, 0) is 55.0 Å². The normalized spacial score (nSPS) is 12.1. The summed E-state index contributed by atoms with van der Waals surface area (Å²) in [4.78, 5) is 4.88. The Labute approximate surface area is 175 Å². The van der Waals surface area contributed by atoms with Gasteiger partial charge in [0.25, 0.3) is 0 Å². The zero-order chi connectivity index (χ0) is 20.1. The summed E-state index contributed by atoms with van der Waals surface area (Å²) in [5, 5.41) is 0.698. The van der Waals surface area contributed by atoms with Gasteiger partial charge in [0, 0.05) is 5.02 Å². The Morgan fingerprint density at radius 1 is 0.897 bits per heavy atom. The first-order valence-electron chi connectivity index (χ1n) is 9.80. The number of rotatable bonds is 8. The fourth-order valence-electron chi connectivity index (χ4n) is 3.34. The molecule has 148 valence electrons. The lowest BCUT2D eigenvalue weighted by Gasteiger charge is -2.19. The minimum Gasteiger partial charge on any atom is -0.492 e. The first kappa shape index (κ1) is 19.3. The van der Waals surface area contributed by atoms with Crippen molar-refractivity contribution in [3.05, 3.63) is 89.7 Å². The Bertz CT molecular complexity index is 1060. The highest BCUT2D eigenvalue weighted by Gasteiger charge is 2.20. The largest absolute Gasteiger partial charge is 0.492 e. The molecule has 5 heteroatoms. The van der Waals surface area contributed by atoms with E-state index in [4.69, 9.17) is 26.1 Å². The van der Waals surface area contributed by atoms with Gasteiger partial charge in [0.15, 0.2) is 11.9 Å². The van der Waals surface area contributed by atoms with Crippen molar-refractivity contribution in [3.63, 3.8) is 0 Å². The molecule has 4 rings (SSSR count). The maximum absolute atomic E-state index is 6.26. The topological polar surface area (TPSA) is 36.3 Å². The summed E-state index contributed by atoms with van der Waals surface area (Å²) in [6.07, 6.45) is 0.677. The number of aromatic nitrogens is 2. The Kier molecular flexibility index (Phi) is 6.01. The molecule has 1 heterocycles. The van der Waals surface area contributed by atoms with Crippen LogP contribution in [0.15, 0.2) is 78.9 Å². The number of hydrogen-bond acceptors (Lipinski definition) is 3. The van der Waals surface area contributed by atoms with Crippen LogP contribution in [0, 0.1) is 0 Å². The summed E-state index contributed by atoms with van der Waals surface area (Å²) in [5.74, 6) is 2.56. The van der Waals surface area contributed by atoms with Gasteiger partial charge < -0.3 is 14.0 Å². The number of fused-ring (bicyclic) bond motifs is 1. The number of para-hydroxylation sites is 3. The van der Waals surface area contributed by atoms with E-state index in [1.807, 2.05) is 72.8 Å². The van der Waals surface area contributed by atoms with E-state index < -0.39 is 0 Å². The van der Waals surface area contributed by atoms with Crippen LogP contribution in [-0.4, -0.2) is 16.2 Å². The molecule has 4 nitrogen and oxygen atoms in total. The van der Waals surface area contributed by atoms with E-state index in [0.29, 0.717) is 18.2 Å². The van der Waals surface area contributed by atoms with Gasteiger partial charge >= 0.3 is 0 Å². The molecule has 0 saturated heterocycles. The van der Waals surface area contributed by atoms with Crippen LogP contribution in [-0.2, 0) is 6.54 Å². The molecule has 0 bridgehead atoms. The highest BCUT2D eigenvalue weighted by atomic mass is 35.5. The lowest BCUT2D eigenvalue weighted by atomic mass is 10.2. The zero-order valence-corrected chi connectivity index (χ0v) is 17.0. The van der Waals surface area contributed by atoms with E-state index in [-0.39, 0.29) is 6.10 Å². The third-order valence-corrected chi connectivity index (χ3v) is 5.01. The van der Waals surface area contributed by atoms with Crippen LogP contribution >= 0.6 is 11.6 Å². The van der Waals surface area contributed by atoms with Crippen molar-refractivity contribution in [2.75, 3.05) is 6.61 Å². The number of hydrogen-bond donors (Lipinski definition) is 0. The van der Waals surface area contributed by atoms with Crippen LogP contribution in [0.4, 0.5) is 0 Å². The molecule has 0 radical (unpaired) electrons. The van der Waals surface area contributed by atoms with Gasteiger partial charge in [0.1, 0.15) is 18.1 Å². The van der Waals surface area contributed by atoms with E-state index in [0.717, 1.165) is 34.8 Å². The molecule has 0 aliphatic carbocycles. The van der Waals surface area contributed by atoms with Gasteiger partial charge in [-0.1, -0.05) is 48.9 Å². The maximum Gasteiger partial charge on any atom is 0.156 e. The average molecular weight is 407 g/mol. The molecule has 0 fully saturated rings. The lowest BCUT2D eigenvalue weighted by Crippen LogP contribution is -2.17. The van der Waals surface area contributed by atoms with Crippen molar-refractivity contribution in [3.8, 4) is 11.5 Å². The van der Waals surface area contributed by atoms with Crippen LogP contribution in [0.5, 0.6) is 11.5 Å². The van der Waals surface area contributed by atoms with Gasteiger partial charge in [-0.15, -0.1) is 0 Å². The number of imidazole rings is 1. The fraction of sp³-hybridized carbons (Fsp3) is 0.208. The Hall–Kier alpha value is -2.98. The molecule has 1 unspecified atom stereocenters.